The summed E-state index contributed by atoms with van der Waals surface area (Å²) in [6, 6.07) is 8.49. The summed E-state index contributed by atoms with van der Waals surface area (Å²) >= 11 is 11.6. The maximum absolute atomic E-state index is 12.4. The quantitative estimate of drug-likeness (QED) is 0.874. The number of rotatable bonds is 3. The lowest BCUT2D eigenvalue weighted by atomic mass is 10.2. The molecule has 0 aliphatic rings. The average molecular weight is 312 g/mol. The molecule has 0 aliphatic carbocycles. The fraction of sp³-hybridized carbons (Fsp3) is 0.154. The van der Waals surface area contributed by atoms with E-state index in [2.05, 4.69) is 10.2 Å². The number of aromatic nitrogens is 2. The number of halogens is 2. The van der Waals surface area contributed by atoms with Crippen LogP contribution >= 0.6 is 23.2 Å². The third-order valence-electron chi connectivity index (χ3n) is 2.69. The summed E-state index contributed by atoms with van der Waals surface area (Å²) in [4.78, 5) is 13.8. The molecule has 2 rings (SSSR count). The highest BCUT2D eigenvalue weighted by Crippen LogP contribution is 2.23. The van der Waals surface area contributed by atoms with Crippen molar-refractivity contribution in [3.05, 3.63) is 46.2 Å². The van der Waals surface area contributed by atoms with Crippen molar-refractivity contribution in [2.45, 2.75) is 0 Å². The number of hydrogen-bond acceptors (Lipinski definition) is 4. The number of methoxy groups -OCH3 is 1. The van der Waals surface area contributed by atoms with Crippen molar-refractivity contribution in [1.29, 1.82) is 0 Å². The molecule has 1 aromatic carbocycles. The molecule has 7 heteroatoms. The zero-order chi connectivity index (χ0) is 14.7. The van der Waals surface area contributed by atoms with E-state index in [1.807, 2.05) is 0 Å². The second-order valence-corrected chi connectivity index (χ2v) is 4.68. The van der Waals surface area contributed by atoms with Crippen LogP contribution in [-0.4, -0.2) is 30.3 Å². The summed E-state index contributed by atoms with van der Waals surface area (Å²) in [6.07, 6.45) is 0. The van der Waals surface area contributed by atoms with Crippen LogP contribution in [0.5, 0.6) is 5.75 Å². The molecule has 5 nitrogen and oxygen atoms in total. The predicted octanol–water partition coefficient (Wildman–Crippen LogP) is 3.07. The van der Waals surface area contributed by atoms with Gasteiger partial charge in [-0.1, -0.05) is 29.3 Å². The smallest absolute Gasteiger partial charge is 0.261 e. The van der Waals surface area contributed by atoms with Gasteiger partial charge in [0.1, 0.15) is 5.75 Å². The lowest BCUT2D eigenvalue weighted by Crippen LogP contribution is -2.26. The number of nitrogens with zero attached hydrogens (tertiary/aromatic N) is 3. The number of carbonyl (C=O) groups excluding carboxylic acids is 1. The molecule has 0 aliphatic heterocycles. The molecule has 20 heavy (non-hydrogen) atoms. The van der Waals surface area contributed by atoms with Gasteiger partial charge in [-0.05, 0) is 18.2 Å². The molecule has 1 aromatic heterocycles. The first-order chi connectivity index (χ1) is 9.52. The Bertz CT molecular complexity index is 649. The van der Waals surface area contributed by atoms with E-state index in [-0.39, 0.29) is 21.8 Å². The monoisotopic (exact) mass is 311 g/mol. The summed E-state index contributed by atoms with van der Waals surface area (Å²) in [5.41, 5.74) is 0.857. The van der Waals surface area contributed by atoms with Crippen molar-refractivity contribution in [3.8, 4) is 5.75 Å². The maximum atomic E-state index is 12.4. The lowest BCUT2D eigenvalue weighted by Gasteiger charge is -2.18. The molecule has 0 saturated carbocycles. The lowest BCUT2D eigenvalue weighted by molar-refractivity contribution is 0.0992. The Labute approximate surface area is 126 Å². The van der Waals surface area contributed by atoms with Crippen molar-refractivity contribution >= 4 is 34.8 Å². The zero-order valence-electron chi connectivity index (χ0n) is 10.8. The standard InChI is InChI=1S/C13H11Cl2N3O2/c1-18(8-4-3-5-9(6-8)20-2)13(19)10-7-11(14)16-17-12(10)15/h3-7H,1-2H3. The number of hydrogen-bond donors (Lipinski definition) is 0. The zero-order valence-corrected chi connectivity index (χ0v) is 12.3. The predicted molar refractivity (Wildman–Crippen MR) is 77.8 cm³/mol. The number of amides is 1. The van der Waals surface area contributed by atoms with Gasteiger partial charge < -0.3 is 9.64 Å². The van der Waals surface area contributed by atoms with Crippen LogP contribution in [0, 0.1) is 0 Å². The highest BCUT2D eigenvalue weighted by Gasteiger charge is 2.19. The second-order valence-electron chi connectivity index (χ2n) is 3.94. The van der Waals surface area contributed by atoms with Gasteiger partial charge in [-0.25, -0.2) is 0 Å². The molecule has 0 bridgehead atoms. The Hall–Kier alpha value is -1.85. The van der Waals surface area contributed by atoms with Gasteiger partial charge in [0, 0.05) is 18.8 Å². The van der Waals surface area contributed by atoms with E-state index in [0.717, 1.165) is 0 Å². The first kappa shape index (κ1) is 14.6. The Kier molecular flexibility index (Phi) is 4.42. The Morgan fingerprint density at radius 1 is 1.25 bits per heavy atom. The highest BCUT2D eigenvalue weighted by atomic mass is 35.5. The molecule has 0 saturated heterocycles. The van der Waals surface area contributed by atoms with E-state index >= 15 is 0 Å². The molecule has 2 aromatic rings. The molecule has 0 N–H and O–H groups in total. The van der Waals surface area contributed by atoms with Crippen molar-refractivity contribution in [3.63, 3.8) is 0 Å². The maximum Gasteiger partial charge on any atom is 0.261 e. The van der Waals surface area contributed by atoms with Crippen LogP contribution in [0.3, 0.4) is 0 Å². The topological polar surface area (TPSA) is 55.3 Å². The van der Waals surface area contributed by atoms with Crippen molar-refractivity contribution in [1.82, 2.24) is 10.2 Å². The average Bonchev–Trinajstić information content (AvgIpc) is 2.48. The number of benzene rings is 1. The van der Waals surface area contributed by atoms with Crippen LogP contribution in [0.2, 0.25) is 10.3 Å². The van der Waals surface area contributed by atoms with Gasteiger partial charge in [-0.2, -0.15) is 0 Å². The largest absolute Gasteiger partial charge is 0.497 e. The normalized spacial score (nSPS) is 10.2. The first-order valence-electron chi connectivity index (χ1n) is 5.63. The minimum absolute atomic E-state index is 0.00847. The summed E-state index contributed by atoms with van der Waals surface area (Å²) < 4.78 is 5.13. The van der Waals surface area contributed by atoms with Crippen LogP contribution in [0.15, 0.2) is 30.3 Å². The fourth-order valence-corrected chi connectivity index (χ4v) is 1.94. The highest BCUT2D eigenvalue weighted by molar-refractivity contribution is 6.34. The molecule has 0 fully saturated rings. The van der Waals surface area contributed by atoms with Crippen LogP contribution in [0.1, 0.15) is 10.4 Å². The SMILES string of the molecule is COc1cccc(N(C)C(=O)c2cc(Cl)nnc2Cl)c1. The molecule has 104 valence electrons. The molecule has 0 atom stereocenters. The van der Waals surface area contributed by atoms with Gasteiger partial charge >= 0.3 is 0 Å². The molecule has 0 unspecified atom stereocenters. The van der Waals surface area contributed by atoms with Gasteiger partial charge in [0.05, 0.1) is 12.7 Å². The first-order valence-corrected chi connectivity index (χ1v) is 6.39. The molecule has 1 heterocycles. The van der Waals surface area contributed by atoms with Crippen molar-refractivity contribution < 1.29 is 9.53 Å². The van der Waals surface area contributed by atoms with Crippen LogP contribution in [0.4, 0.5) is 5.69 Å². The molecule has 0 radical (unpaired) electrons. The molecular formula is C13H11Cl2N3O2. The summed E-state index contributed by atoms with van der Waals surface area (Å²) in [5.74, 6) is 0.319. The molecular weight excluding hydrogens is 301 g/mol. The minimum atomic E-state index is -0.333. The van der Waals surface area contributed by atoms with Gasteiger partial charge in [-0.15, -0.1) is 10.2 Å². The van der Waals surface area contributed by atoms with Crippen LogP contribution in [0.25, 0.3) is 0 Å². The van der Waals surface area contributed by atoms with E-state index in [1.54, 1.807) is 38.4 Å². The van der Waals surface area contributed by atoms with Gasteiger partial charge in [0.15, 0.2) is 10.3 Å². The van der Waals surface area contributed by atoms with Gasteiger partial charge in [0.25, 0.3) is 5.91 Å². The third kappa shape index (κ3) is 3.00. The van der Waals surface area contributed by atoms with Crippen LogP contribution < -0.4 is 9.64 Å². The van der Waals surface area contributed by atoms with Gasteiger partial charge in [0.2, 0.25) is 0 Å². The number of carbonyl (C=O) groups is 1. The Balaban J connectivity index is 2.34. The van der Waals surface area contributed by atoms with E-state index in [4.69, 9.17) is 27.9 Å². The summed E-state index contributed by atoms with van der Waals surface area (Å²) in [7, 11) is 3.19. The van der Waals surface area contributed by atoms with Crippen LogP contribution in [-0.2, 0) is 0 Å². The molecule has 0 spiro atoms. The number of anilines is 1. The van der Waals surface area contributed by atoms with E-state index in [9.17, 15) is 4.79 Å². The minimum Gasteiger partial charge on any atom is -0.497 e. The second kappa shape index (κ2) is 6.07. The van der Waals surface area contributed by atoms with Gasteiger partial charge in [-0.3, -0.25) is 4.79 Å². The fourth-order valence-electron chi connectivity index (χ4n) is 1.62. The van der Waals surface area contributed by atoms with E-state index in [1.165, 1.54) is 11.0 Å². The third-order valence-corrected chi connectivity index (χ3v) is 3.16. The van der Waals surface area contributed by atoms with Crippen molar-refractivity contribution in [2.75, 3.05) is 19.1 Å². The van der Waals surface area contributed by atoms with Crippen molar-refractivity contribution in [2.24, 2.45) is 0 Å². The summed E-state index contributed by atoms with van der Waals surface area (Å²) in [5, 5.41) is 7.31. The Morgan fingerprint density at radius 3 is 2.70 bits per heavy atom. The van der Waals surface area contributed by atoms with E-state index < -0.39 is 0 Å². The summed E-state index contributed by atoms with van der Waals surface area (Å²) in [6.45, 7) is 0. The number of ether oxygens (including phenoxy) is 1. The Morgan fingerprint density at radius 2 is 2.00 bits per heavy atom. The van der Waals surface area contributed by atoms with E-state index in [0.29, 0.717) is 11.4 Å². The molecule has 1 amide bonds.